The smallest absolute Gasteiger partial charge is 0.0841 e. The average molecular weight is 236 g/mol. The molecule has 0 amide bonds. The first-order valence-electron chi connectivity index (χ1n) is 6.35. The Morgan fingerprint density at radius 2 is 1.94 bits per heavy atom. The topological polar surface area (TPSA) is 29.5 Å². The number of methoxy groups -OCH3 is 1. The second-order valence-electron chi connectivity index (χ2n) is 4.75. The Balaban J connectivity index is 2.66. The third-order valence-corrected chi connectivity index (χ3v) is 3.32. The van der Waals surface area contributed by atoms with Crippen LogP contribution in [0.25, 0.3) is 0 Å². The number of ether oxygens (including phenoxy) is 1. The zero-order valence-corrected chi connectivity index (χ0v) is 11.4. The van der Waals surface area contributed by atoms with Crippen LogP contribution in [-0.4, -0.2) is 24.4 Å². The molecule has 2 nitrogen and oxygen atoms in total. The first kappa shape index (κ1) is 14.2. The fraction of sp³-hybridized carbons (Fsp3) is 0.600. The van der Waals surface area contributed by atoms with E-state index in [0.29, 0.717) is 6.42 Å². The van der Waals surface area contributed by atoms with Crippen LogP contribution in [0.3, 0.4) is 0 Å². The summed E-state index contributed by atoms with van der Waals surface area (Å²) < 4.78 is 5.33. The lowest BCUT2D eigenvalue weighted by Gasteiger charge is -2.21. The normalized spacial score (nSPS) is 14.6. The van der Waals surface area contributed by atoms with Crippen LogP contribution < -0.4 is 0 Å². The standard InChI is InChI=1S/C15H24O2/c1-5-6-15(17-4)14(16)10-13-8-7-11(2)12(3)9-13/h7-9,14-16H,5-6,10H2,1-4H3. The minimum Gasteiger partial charge on any atom is -0.390 e. The van der Waals surface area contributed by atoms with Crippen LogP contribution >= 0.6 is 0 Å². The SMILES string of the molecule is CCCC(OC)C(O)Cc1ccc(C)c(C)c1. The zero-order valence-electron chi connectivity index (χ0n) is 11.4. The van der Waals surface area contributed by atoms with Gasteiger partial charge < -0.3 is 9.84 Å². The van der Waals surface area contributed by atoms with E-state index in [2.05, 4.69) is 39.0 Å². The molecule has 0 aromatic heterocycles. The van der Waals surface area contributed by atoms with E-state index in [1.54, 1.807) is 7.11 Å². The highest BCUT2D eigenvalue weighted by molar-refractivity contribution is 5.30. The number of rotatable bonds is 6. The largest absolute Gasteiger partial charge is 0.390 e. The first-order valence-corrected chi connectivity index (χ1v) is 6.35. The monoisotopic (exact) mass is 236 g/mol. The summed E-state index contributed by atoms with van der Waals surface area (Å²) in [4.78, 5) is 0. The maximum absolute atomic E-state index is 10.1. The Morgan fingerprint density at radius 1 is 1.24 bits per heavy atom. The predicted molar refractivity (Wildman–Crippen MR) is 71.3 cm³/mol. The van der Waals surface area contributed by atoms with Crippen molar-refractivity contribution in [3.8, 4) is 0 Å². The molecule has 2 atom stereocenters. The van der Waals surface area contributed by atoms with E-state index in [1.807, 2.05) is 0 Å². The molecule has 1 aromatic rings. The van der Waals surface area contributed by atoms with Crippen molar-refractivity contribution < 1.29 is 9.84 Å². The molecule has 0 aliphatic rings. The highest BCUT2D eigenvalue weighted by Gasteiger charge is 2.18. The molecular weight excluding hydrogens is 212 g/mol. The van der Waals surface area contributed by atoms with E-state index < -0.39 is 6.10 Å². The molecule has 0 aliphatic heterocycles. The van der Waals surface area contributed by atoms with Crippen molar-refractivity contribution in [3.05, 3.63) is 34.9 Å². The van der Waals surface area contributed by atoms with E-state index in [9.17, 15) is 5.11 Å². The Kier molecular flexibility index (Phi) is 5.66. The Bertz CT molecular complexity index is 347. The van der Waals surface area contributed by atoms with E-state index in [-0.39, 0.29) is 6.10 Å². The molecule has 0 radical (unpaired) electrons. The van der Waals surface area contributed by atoms with Gasteiger partial charge in [0, 0.05) is 13.5 Å². The molecule has 2 unspecified atom stereocenters. The van der Waals surface area contributed by atoms with Gasteiger partial charge in [-0.2, -0.15) is 0 Å². The number of hydrogen-bond acceptors (Lipinski definition) is 2. The summed E-state index contributed by atoms with van der Waals surface area (Å²) in [5.41, 5.74) is 3.75. The summed E-state index contributed by atoms with van der Waals surface area (Å²) >= 11 is 0. The van der Waals surface area contributed by atoms with Gasteiger partial charge in [0.1, 0.15) is 0 Å². The van der Waals surface area contributed by atoms with Crippen LogP contribution in [0.1, 0.15) is 36.5 Å². The molecule has 0 saturated heterocycles. The molecule has 0 fully saturated rings. The van der Waals surface area contributed by atoms with Gasteiger partial charge in [0.05, 0.1) is 12.2 Å². The number of benzene rings is 1. The van der Waals surface area contributed by atoms with Gasteiger partial charge in [-0.3, -0.25) is 0 Å². The fourth-order valence-electron chi connectivity index (χ4n) is 2.06. The molecule has 2 heteroatoms. The molecule has 0 saturated carbocycles. The van der Waals surface area contributed by atoms with E-state index in [4.69, 9.17) is 4.74 Å². The number of aliphatic hydroxyl groups is 1. The van der Waals surface area contributed by atoms with Gasteiger partial charge in [-0.05, 0) is 37.0 Å². The Labute approximate surface area is 105 Å². The molecule has 1 N–H and O–H groups in total. The number of hydrogen-bond donors (Lipinski definition) is 1. The summed E-state index contributed by atoms with van der Waals surface area (Å²) in [7, 11) is 1.67. The maximum atomic E-state index is 10.1. The van der Waals surface area contributed by atoms with Gasteiger partial charge >= 0.3 is 0 Å². The van der Waals surface area contributed by atoms with Crippen molar-refractivity contribution in [2.75, 3.05) is 7.11 Å². The third kappa shape index (κ3) is 4.14. The van der Waals surface area contributed by atoms with Gasteiger partial charge in [-0.15, -0.1) is 0 Å². The van der Waals surface area contributed by atoms with Crippen LogP contribution in [0, 0.1) is 13.8 Å². The van der Waals surface area contributed by atoms with Gasteiger partial charge in [0.2, 0.25) is 0 Å². The van der Waals surface area contributed by atoms with E-state index in [1.165, 1.54) is 16.7 Å². The molecule has 0 aliphatic carbocycles. The molecule has 0 heterocycles. The van der Waals surface area contributed by atoms with Gasteiger partial charge in [-0.25, -0.2) is 0 Å². The highest BCUT2D eigenvalue weighted by Crippen LogP contribution is 2.15. The lowest BCUT2D eigenvalue weighted by Crippen LogP contribution is -2.29. The zero-order chi connectivity index (χ0) is 12.8. The minimum atomic E-state index is -0.415. The van der Waals surface area contributed by atoms with Crippen molar-refractivity contribution in [1.29, 1.82) is 0 Å². The van der Waals surface area contributed by atoms with Crippen LogP contribution in [0.5, 0.6) is 0 Å². The summed E-state index contributed by atoms with van der Waals surface area (Å²) in [6.45, 7) is 6.31. The first-order chi connectivity index (χ1) is 8.08. The van der Waals surface area contributed by atoms with Crippen molar-refractivity contribution in [1.82, 2.24) is 0 Å². The van der Waals surface area contributed by atoms with Crippen molar-refractivity contribution in [2.45, 2.75) is 52.2 Å². The van der Waals surface area contributed by atoms with Crippen LogP contribution in [0.2, 0.25) is 0 Å². The molecule has 1 aromatic carbocycles. The fourth-order valence-corrected chi connectivity index (χ4v) is 2.06. The Hall–Kier alpha value is -0.860. The van der Waals surface area contributed by atoms with Crippen LogP contribution in [0.4, 0.5) is 0 Å². The Morgan fingerprint density at radius 3 is 2.47 bits per heavy atom. The number of aryl methyl sites for hydroxylation is 2. The summed E-state index contributed by atoms with van der Waals surface area (Å²) in [6, 6.07) is 6.35. The molecule has 0 spiro atoms. The summed E-state index contributed by atoms with van der Waals surface area (Å²) in [6.07, 6.45) is 2.13. The molecule has 17 heavy (non-hydrogen) atoms. The highest BCUT2D eigenvalue weighted by atomic mass is 16.5. The van der Waals surface area contributed by atoms with Crippen LogP contribution in [0.15, 0.2) is 18.2 Å². The summed E-state index contributed by atoms with van der Waals surface area (Å²) in [5, 5.41) is 10.1. The quantitative estimate of drug-likeness (QED) is 0.822. The molecule has 96 valence electrons. The van der Waals surface area contributed by atoms with Crippen LogP contribution in [-0.2, 0) is 11.2 Å². The lowest BCUT2D eigenvalue weighted by atomic mass is 9.98. The van der Waals surface area contributed by atoms with E-state index in [0.717, 1.165) is 12.8 Å². The van der Waals surface area contributed by atoms with Crippen molar-refractivity contribution in [3.63, 3.8) is 0 Å². The third-order valence-electron chi connectivity index (χ3n) is 3.32. The molecule has 1 rings (SSSR count). The lowest BCUT2D eigenvalue weighted by molar-refractivity contribution is -0.0159. The van der Waals surface area contributed by atoms with E-state index >= 15 is 0 Å². The number of aliphatic hydroxyl groups excluding tert-OH is 1. The van der Waals surface area contributed by atoms with Gasteiger partial charge in [0.15, 0.2) is 0 Å². The predicted octanol–water partition coefficient (Wildman–Crippen LogP) is 3.02. The second-order valence-corrected chi connectivity index (χ2v) is 4.75. The van der Waals surface area contributed by atoms with Gasteiger partial charge in [0.25, 0.3) is 0 Å². The summed E-state index contributed by atoms with van der Waals surface area (Å²) in [5.74, 6) is 0. The second kappa shape index (κ2) is 6.77. The average Bonchev–Trinajstić information content (AvgIpc) is 2.30. The minimum absolute atomic E-state index is 0.0541. The maximum Gasteiger partial charge on any atom is 0.0841 e. The van der Waals surface area contributed by atoms with Crippen molar-refractivity contribution >= 4 is 0 Å². The van der Waals surface area contributed by atoms with Gasteiger partial charge in [-0.1, -0.05) is 31.5 Å². The molecule has 0 bridgehead atoms. The molecular formula is C15H24O2. The van der Waals surface area contributed by atoms with Crippen molar-refractivity contribution in [2.24, 2.45) is 0 Å².